The van der Waals surface area contributed by atoms with Crippen LogP contribution >= 0.6 is 27.7 Å². The molecule has 28 heavy (non-hydrogen) atoms. The van der Waals surface area contributed by atoms with Gasteiger partial charge >= 0.3 is 0 Å². The van der Waals surface area contributed by atoms with Crippen LogP contribution in [0.2, 0.25) is 0 Å². The number of rotatable bonds is 6. The molecule has 3 rings (SSSR count). The number of anilines is 1. The number of nitrogens with one attached hydrogen (secondary N) is 1. The third-order valence-corrected chi connectivity index (χ3v) is 5.48. The number of nitrogens with zero attached hydrogens (tertiary/aromatic N) is 3. The Morgan fingerprint density at radius 1 is 1.25 bits per heavy atom. The summed E-state index contributed by atoms with van der Waals surface area (Å²) in [6, 6.07) is 10.4. The summed E-state index contributed by atoms with van der Waals surface area (Å²) in [7, 11) is 0. The highest BCUT2D eigenvalue weighted by Gasteiger charge is 2.13. The van der Waals surface area contributed by atoms with Crippen molar-refractivity contribution in [3.63, 3.8) is 0 Å². The molecule has 2 aromatic carbocycles. The number of carbonyl (C=O) groups excluding carboxylic acids is 1. The smallest absolute Gasteiger partial charge is 0.270 e. The number of benzene rings is 2. The second-order valence-corrected chi connectivity index (χ2v) is 7.98. The number of non-ortho nitro benzene ring substituents is 1. The van der Waals surface area contributed by atoms with E-state index in [0.717, 1.165) is 16.8 Å². The maximum atomic E-state index is 12.3. The Balaban J connectivity index is 1.68. The molecule has 0 atom stereocenters. The fourth-order valence-electron chi connectivity index (χ4n) is 2.72. The lowest BCUT2D eigenvalue weighted by Crippen LogP contribution is -2.15. The molecule has 0 unspecified atom stereocenters. The highest BCUT2D eigenvalue weighted by Crippen LogP contribution is 2.28. The number of amides is 1. The zero-order chi connectivity index (χ0) is 20.3. The average molecular weight is 461 g/mol. The van der Waals surface area contributed by atoms with Gasteiger partial charge in [0.25, 0.3) is 5.69 Å². The van der Waals surface area contributed by atoms with Gasteiger partial charge in [0.15, 0.2) is 5.16 Å². The van der Waals surface area contributed by atoms with E-state index in [1.54, 1.807) is 6.20 Å². The molecule has 1 aromatic heterocycles. The van der Waals surface area contributed by atoms with Gasteiger partial charge in [0.2, 0.25) is 5.91 Å². The highest BCUT2D eigenvalue weighted by atomic mass is 79.9. The SMILES string of the molecule is Cc1cc(C)cc(-n2ccnc2SCC(=O)Nc2ccc([N+](=O)[O-])cc2Br)c1. The van der Waals surface area contributed by atoms with Gasteiger partial charge in [-0.15, -0.1) is 0 Å². The molecule has 7 nitrogen and oxygen atoms in total. The van der Waals surface area contributed by atoms with Crippen LogP contribution in [0.25, 0.3) is 5.69 Å². The molecule has 1 heterocycles. The van der Waals surface area contributed by atoms with Crippen molar-refractivity contribution in [2.45, 2.75) is 19.0 Å². The summed E-state index contributed by atoms with van der Waals surface area (Å²) in [5.41, 5.74) is 3.74. The summed E-state index contributed by atoms with van der Waals surface area (Å²) in [5.74, 6) is -0.0693. The Bertz CT molecular complexity index is 1030. The number of nitro benzene ring substituents is 1. The fraction of sp³-hybridized carbons (Fsp3) is 0.158. The van der Waals surface area contributed by atoms with Crippen molar-refractivity contribution < 1.29 is 9.72 Å². The van der Waals surface area contributed by atoms with Gasteiger partial charge in [-0.2, -0.15) is 0 Å². The van der Waals surface area contributed by atoms with Crippen LogP contribution in [-0.2, 0) is 4.79 Å². The fourth-order valence-corrected chi connectivity index (χ4v) is 3.96. The first-order valence-corrected chi connectivity index (χ1v) is 10.1. The summed E-state index contributed by atoms with van der Waals surface area (Å²) in [6.07, 6.45) is 3.56. The Morgan fingerprint density at radius 3 is 2.61 bits per heavy atom. The first-order chi connectivity index (χ1) is 13.3. The van der Waals surface area contributed by atoms with E-state index in [1.165, 1.54) is 30.0 Å². The minimum absolute atomic E-state index is 0.0466. The van der Waals surface area contributed by atoms with E-state index in [9.17, 15) is 14.9 Å². The van der Waals surface area contributed by atoms with Crippen molar-refractivity contribution in [3.05, 3.63) is 74.5 Å². The van der Waals surface area contributed by atoms with Crippen LogP contribution in [0, 0.1) is 24.0 Å². The third-order valence-electron chi connectivity index (χ3n) is 3.86. The molecule has 3 aromatic rings. The largest absolute Gasteiger partial charge is 0.324 e. The molecule has 1 amide bonds. The van der Waals surface area contributed by atoms with Gasteiger partial charge in [0, 0.05) is 34.7 Å². The minimum atomic E-state index is -0.487. The summed E-state index contributed by atoms with van der Waals surface area (Å²) in [5, 5.41) is 14.3. The molecule has 0 bridgehead atoms. The molecule has 1 N–H and O–H groups in total. The van der Waals surface area contributed by atoms with Crippen LogP contribution < -0.4 is 5.32 Å². The summed E-state index contributed by atoms with van der Waals surface area (Å²) in [6.45, 7) is 4.07. The Hall–Kier alpha value is -2.65. The first kappa shape index (κ1) is 20.1. The molecule has 0 saturated carbocycles. The molecular weight excluding hydrogens is 444 g/mol. The van der Waals surface area contributed by atoms with E-state index in [1.807, 2.05) is 24.6 Å². The van der Waals surface area contributed by atoms with Crippen LogP contribution in [0.4, 0.5) is 11.4 Å². The molecule has 0 aliphatic heterocycles. The normalized spacial score (nSPS) is 10.7. The van der Waals surface area contributed by atoms with Crippen molar-refractivity contribution in [2.24, 2.45) is 0 Å². The van der Waals surface area contributed by atoms with Crippen LogP contribution in [0.15, 0.2) is 58.4 Å². The van der Waals surface area contributed by atoms with Gasteiger partial charge in [-0.05, 0) is 59.1 Å². The molecule has 0 fully saturated rings. The summed E-state index contributed by atoms with van der Waals surface area (Å²) < 4.78 is 2.40. The highest BCUT2D eigenvalue weighted by molar-refractivity contribution is 9.10. The van der Waals surface area contributed by atoms with E-state index in [2.05, 4.69) is 44.4 Å². The summed E-state index contributed by atoms with van der Waals surface area (Å²) >= 11 is 4.56. The number of hydrogen-bond acceptors (Lipinski definition) is 5. The average Bonchev–Trinajstić information content (AvgIpc) is 3.09. The zero-order valence-corrected chi connectivity index (χ0v) is 17.6. The molecular formula is C19H17BrN4O3S. The van der Waals surface area contributed by atoms with Crippen molar-refractivity contribution in [2.75, 3.05) is 11.1 Å². The van der Waals surface area contributed by atoms with Crippen molar-refractivity contribution in [1.82, 2.24) is 9.55 Å². The first-order valence-electron chi connectivity index (χ1n) is 8.32. The van der Waals surface area contributed by atoms with Crippen molar-refractivity contribution >= 4 is 45.0 Å². The number of hydrogen-bond donors (Lipinski definition) is 1. The monoisotopic (exact) mass is 460 g/mol. The lowest BCUT2D eigenvalue weighted by molar-refractivity contribution is -0.384. The second-order valence-electron chi connectivity index (χ2n) is 6.18. The molecule has 144 valence electrons. The summed E-state index contributed by atoms with van der Waals surface area (Å²) in [4.78, 5) is 27.0. The van der Waals surface area contributed by atoms with Gasteiger partial charge in [-0.1, -0.05) is 17.8 Å². The molecule has 9 heteroatoms. The third kappa shape index (κ3) is 4.79. The quantitative estimate of drug-likeness (QED) is 0.321. The van der Waals surface area contributed by atoms with Crippen LogP contribution in [0.3, 0.4) is 0 Å². The maximum absolute atomic E-state index is 12.3. The maximum Gasteiger partial charge on any atom is 0.270 e. The molecule has 0 radical (unpaired) electrons. The van der Waals surface area contributed by atoms with Gasteiger partial charge in [0.1, 0.15) is 0 Å². The number of halogens is 1. The lowest BCUT2D eigenvalue weighted by Gasteiger charge is -2.10. The lowest BCUT2D eigenvalue weighted by atomic mass is 10.1. The van der Waals surface area contributed by atoms with E-state index < -0.39 is 4.92 Å². The van der Waals surface area contributed by atoms with Gasteiger partial charge in [-0.25, -0.2) is 4.98 Å². The molecule has 0 spiro atoms. The van der Waals surface area contributed by atoms with Gasteiger partial charge < -0.3 is 5.32 Å². The second kappa shape index (κ2) is 8.57. The topological polar surface area (TPSA) is 90.1 Å². The van der Waals surface area contributed by atoms with E-state index in [0.29, 0.717) is 15.3 Å². The number of aryl methyl sites for hydroxylation is 2. The number of aromatic nitrogens is 2. The van der Waals surface area contributed by atoms with Crippen LogP contribution in [0.1, 0.15) is 11.1 Å². The van der Waals surface area contributed by atoms with E-state index in [4.69, 9.17) is 0 Å². The van der Waals surface area contributed by atoms with Crippen LogP contribution in [0.5, 0.6) is 0 Å². The Labute approximate surface area is 174 Å². The number of carbonyl (C=O) groups is 1. The Morgan fingerprint density at radius 2 is 1.96 bits per heavy atom. The van der Waals surface area contributed by atoms with Gasteiger partial charge in [-0.3, -0.25) is 19.5 Å². The number of nitro groups is 1. The van der Waals surface area contributed by atoms with E-state index >= 15 is 0 Å². The van der Waals surface area contributed by atoms with Crippen LogP contribution in [-0.4, -0.2) is 26.1 Å². The van der Waals surface area contributed by atoms with E-state index in [-0.39, 0.29) is 17.3 Å². The minimum Gasteiger partial charge on any atom is -0.324 e. The molecule has 0 aliphatic rings. The predicted octanol–water partition coefficient (Wildman–Crippen LogP) is 4.89. The van der Waals surface area contributed by atoms with Crippen molar-refractivity contribution in [1.29, 1.82) is 0 Å². The van der Waals surface area contributed by atoms with Gasteiger partial charge in [0.05, 0.1) is 16.4 Å². The Kier molecular flexibility index (Phi) is 6.15. The molecule has 0 saturated heterocycles. The zero-order valence-electron chi connectivity index (χ0n) is 15.2. The number of imidazole rings is 1. The molecule has 0 aliphatic carbocycles. The predicted molar refractivity (Wildman–Crippen MR) is 113 cm³/mol. The standard InChI is InChI=1S/C19H17BrN4O3S/c1-12-7-13(2)9-15(8-12)23-6-5-21-19(23)28-11-18(25)22-17-4-3-14(24(26)27)10-16(17)20/h3-10H,11H2,1-2H3,(H,22,25). The number of thioether (sulfide) groups is 1. The van der Waals surface area contributed by atoms with Crippen molar-refractivity contribution in [3.8, 4) is 5.69 Å².